The smallest absolute Gasteiger partial charge is 0.331 e. The van der Waals surface area contributed by atoms with Gasteiger partial charge in [-0.1, -0.05) is 54.6 Å². The van der Waals surface area contributed by atoms with Gasteiger partial charge in [-0.25, -0.2) is 4.79 Å². The van der Waals surface area contributed by atoms with E-state index in [0.29, 0.717) is 5.56 Å². The second-order valence-corrected chi connectivity index (χ2v) is 5.39. The van der Waals surface area contributed by atoms with E-state index in [0.717, 1.165) is 16.5 Å². The number of rotatable bonds is 5. The molecule has 0 fully saturated rings. The SMILES string of the molecule is NC(=O)C(OC(=O)/C=C/c1cccc2cccnc12)c1ccccc1. The highest BCUT2D eigenvalue weighted by atomic mass is 16.5. The van der Waals surface area contributed by atoms with Crippen molar-refractivity contribution in [2.75, 3.05) is 0 Å². The first-order valence-electron chi connectivity index (χ1n) is 7.72. The van der Waals surface area contributed by atoms with Gasteiger partial charge in [-0.15, -0.1) is 0 Å². The van der Waals surface area contributed by atoms with E-state index >= 15 is 0 Å². The van der Waals surface area contributed by atoms with Gasteiger partial charge in [0.05, 0.1) is 5.52 Å². The van der Waals surface area contributed by atoms with Crippen LogP contribution < -0.4 is 5.73 Å². The van der Waals surface area contributed by atoms with E-state index in [-0.39, 0.29) is 0 Å². The molecule has 1 atom stereocenters. The van der Waals surface area contributed by atoms with Gasteiger partial charge in [0, 0.05) is 28.8 Å². The highest BCUT2D eigenvalue weighted by molar-refractivity contribution is 5.94. The van der Waals surface area contributed by atoms with E-state index in [9.17, 15) is 9.59 Å². The number of primary amides is 1. The minimum absolute atomic E-state index is 0.531. The number of benzene rings is 2. The molecule has 1 amide bonds. The molecule has 0 bridgehead atoms. The van der Waals surface area contributed by atoms with Crippen molar-refractivity contribution in [1.82, 2.24) is 4.98 Å². The van der Waals surface area contributed by atoms with Gasteiger partial charge in [-0.05, 0) is 12.1 Å². The topological polar surface area (TPSA) is 82.3 Å². The molecule has 2 N–H and O–H groups in total. The summed E-state index contributed by atoms with van der Waals surface area (Å²) in [6.45, 7) is 0. The summed E-state index contributed by atoms with van der Waals surface area (Å²) in [4.78, 5) is 28.0. The van der Waals surface area contributed by atoms with Gasteiger partial charge in [0.15, 0.2) is 0 Å². The number of ether oxygens (including phenoxy) is 1. The van der Waals surface area contributed by atoms with Gasteiger partial charge in [0.25, 0.3) is 5.91 Å². The van der Waals surface area contributed by atoms with Crippen molar-refractivity contribution in [1.29, 1.82) is 0 Å². The third-order valence-electron chi connectivity index (χ3n) is 3.66. The fraction of sp³-hybridized carbons (Fsp3) is 0.0500. The second-order valence-electron chi connectivity index (χ2n) is 5.39. The molecule has 1 heterocycles. The summed E-state index contributed by atoms with van der Waals surface area (Å²) in [6.07, 6.45) is 3.45. The Morgan fingerprint density at radius 2 is 1.76 bits per heavy atom. The van der Waals surface area contributed by atoms with Crippen molar-refractivity contribution >= 4 is 28.9 Å². The Hall–Kier alpha value is -3.47. The zero-order valence-electron chi connectivity index (χ0n) is 13.3. The van der Waals surface area contributed by atoms with Crippen LogP contribution in [-0.4, -0.2) is 16.9 Å². The maximum absolute atomic E-state index is 12.1. The first-order chi connectivity index (χ1) is 12.1. The molecule has 3 aromatic rings. The van der Waals surface area contributed by atoms with Crippen LogP contribution in [0.5, 0.6) is 0 Å². The Kier molecular flexibility index (Phi) is 4.85. The summed E-state index contributed by atoms with van der Waals surface area (Å²) in [5.74, 6) is -1.37. The Morgan fingerprint density at radius 3 is 2.52 bits per heavy atom. The number of esters is 1. The van der Waals surface area contributed by atoms with Crippen LogP contribution in [-0.2, 0) is 14.3 Å². The maximum Gasteiger partial charge on any atom is 0.331 e. The van der Waals surface area contributed by atoms with Crippen molar-refractivity contribution in [2.45, 2.75) is 6.10 Å². The number of carbonyl (C=O) groups excluding carboxylic acids is 2. The Labute approximate surface area is 144 Å². The molecule has 1 aromatic heterocycles. The molecule has 124 valence electrons. The van der Waals surface area contributed by atoms with Crippen molar-refractivity contribution in [3.63, 3.8) is 0 Å². The van der Waals surface area contributed by atoms with Gasteiger partial charge in [-0.3, -0.25) is 9.78 Å². The largest absolute Gasteiger partial charge is 0.444 e. The number of aromatic nitrogens is 1. The van der Waals surface area contributed by atoms with E-state index in [2.05, 4.69) is 4.98 Å². The van der Waals surface area contributed by atoms with Crippen LogP contribution in [0, 0.1) is 0 Å². The highest BCUT2D eigenvalue weighted by Gasteiger charge is 2.21. The predicted octanol–water partition coefficient (Wildman–Crippen LogP) is 3.02. The van der Waals surface area contributed by atoms with Crippen LogP contribution in [0.4, 0.5) is 0 Å². The van der Waals surface area contributed by atoms with Gasteiger partial charge >= 0.3 is 5.97 Å². The first kappa shape index (κ1) is 16.4. The number of nitrogens with two attached hydrogens (primary N) is 1. The maximum atomic E-state index is 12.1. The number of hydrogen-bond donors (Lipinski definition) is 1. The molecule has 5 heteroatoms. The van der Waals surface area contributed by atoms with Crippen molar-refractivity contribution in [3.8, 4) is 0 Å². The Morgan fingerprint density at radius 1 is 1.00 bits per heavy atom. The third-order valence-corrected chi connectivity index (χ3v) is 3.66. The third kappa shape index (κ3) is 3.90. The average Bonchev–Trinajstić information content (AvgIpc) is 2.65. The normalized spacial score (nSPS) is 12.2. The van der Waals surface area contributed by atoms with Gasteiger partial charge in [0.1, 0.15) is 0 Å². The molecule has 0 radical (unpaired) electrons. The van der Waals surface area contributed by atoms with Crippen LogP contribution in [0.25, 0.3) is 17.0 Å². The lowest BCUT2D eigenvalue weighted by molar-refractivity contribution is -0.150. The summed E-state index contributed by atoms with van der Waals surface area (Å²) >= 11 is 0. The van der Waals surface area contributed by atoms with Gasteiger partial charge in [0.2, 0.25) is 6.10 Å². The summed E-state index contributed by atoms with van der Waals surface area (Å²) in [7, 11) is 0. The van der Waals surface area contributed by atoms with Crippen LogP contribution >= 0.6 is 0 Å². The highest BCUT2D eigenvalue weighted by Crippen LogP contribution is 2.19. The van der Waals surface area contributed by atoms with Gasteiger partial charge < -0.3 is 10.5 Å². The fourth-order valence-corrected chi connectivity index (χ4v) is 2.49. The van der Waals surface area contributed by atoms with Crippen molar-refractivity contribution < 1.29 is 14.3 Å². The summed E-state index contributed by atoms with van der Waals surface area (Å²) in [5.41, 5.74) is 7.44. The second kappa shape index (κ2) is 7.40. The van der Waals surface area contributed by atoms with Crippen molar-refractivity contribution in [2.24, 2.45) is 5.73 Å². The van der Waals surface area contributed by atoms with E-state index in [4.69, 9.17) is 10.5 Å². The molecule has 0 saturated carbocycles. The molecule has 0 aliphatic carbocycles. The molecular formula is C20H16N2O3. The quantitative estimate of drug-likeness (QED) is 0.575. The molecule has 5 nitrogen and oxygen atoms in total. The number of nitrogens with zero attached hydrogens (tertiary/aromatic N) is 1. The van der Waals surface area contributed by atoms with Crippen LogP contribution in [0.1, 0.15) is 17.2 Å². The monoisotopic (exact) mass is 332 g/mol. The standard InChI is InChI=1S/C20H16N2O3/c21-20(24)19(16-6-2-1-3-7-16)25-17(23)12-11-15-9-4-8-14-10-5-13-22-18(14)15/h1-13,19H,(H2,21,24)/b12-11+. The lowest BCUT2D eigenvalue weighted by Crippen LogP contribution is -2.25. The van der Waals surface area contributed by atoms with E-state index in [1.165, 1.54) is 6.08 Å². The molecule has 25 heavy (non-hydrogen) atoms. The fourth-order valence-electron chi connectivity index (χ4n) is 2.49. The molecule has 0 spiro atoms. The molecule has 2 aromatic carbocycles. The summed E-state index contributed by atoms with van der Waals surface area (Å²) in [5, 5.41) is 0.970. The molecule has 0 aliphatic rings. The Balaban J connectivity index is 1.79. The van der Waals surface area contributed by atoms with E-state index in [1.54, 1.807) is 42.6 Å². The van der Waals surface area contributed by atoms with Gasteiger partial charge in [-0.2, -0.15) is 0 Å². The Bertz CT molecular complexity index is 931. The number of amides is 1. The molecule has 0 saturated heterocycles. The van der Waals surface area contributed by atoms with E-state index < -0.39 is 18.0 Å². The zero-order valence-corrected chi connectivity index (χ0v) is 13.3. The van der Waals surface area contributed by atoms with Crippen molar-refractivity contribution in [3.05, 3.63) is 84.1 Å². The predicted molar refractivity (Wildman–Crippen MR) is 95.2 cm³/mol. The molecule has 0 aliphatic heterocycles. The number of fused-ring (bicyclic) bond motifs is 1. The summed E-state index contributed by atoms with van der Waals surface area (Å²) < 4.78 is 5.21. The average molecular weight is 332 g/mol. The minimum Gasteiger partial charge on any atom is -0.444 e. The van der Waals surface area contributed by atoms with E-state index in [1.807, 2.05) is 30.3 Å². The number of carbonyl (C=O) groups is 2. The molecule has 1 unspecified atom stereocenters. The lowest BCUT2D eigenvalue weighted by atomic mass is 10.1. The minimum atomic E-state index is -1.12. The van der Waals surface area contributed by atoms with Crippen LogP contribution in [0.3, 0.4) is 0 Å². The molecular weight excluding hydrogens is 316 g/mol. The number of pyridine rings is 1. The number of hydrogen-bond acceptors (Lipinski definition) is 4. The first-order valence-corrected chi connectivity index (χ1v) is 7.72. The van der Waals surface area contributed by atoms with Crippen LogP contribution in [0.15, 0.2) is 72.9 Å². The lowest BCUT2D eigenvalue weighted by Gasteiger charge is -2.13. The summed E-state index contributed by atoms with van der Waals surface area (Å²) in [6, 6.07) is 18.1. The molecule has 3 rings (SSSR count). The number of para-hydroxylation sites is 1. The van der Waals surface area contributed by atoms with Crippen LogP contribution in [0.2, 0.25) is 0 Å². The zero-order chi connectivity index (χ0) is 17.6.